The summed E-state index contributed by atoms with van der Waals surface area (Å²) >= 11 is 1.37. The minimum absolute atomic E-state index is 0.0420. The molecule has 0 bridgehead atoms. The van der Waals surface area contributed by atoms with Crippen LogP contribution in [0, 0.1) is 17.0 Å². The summed E-state index contributed by atoms with van der Waals surface area (Å²) in [6.07, 6.45) is 0. The molecule has 2 N–H and O–H groups in total. The van der Waals surface area contributed by atoms with Crippen LogP contribution >= 0.6 is 11.8 Å². The SMILES string of the molecule is CC(N)C(Sc1ccc(F)cc1F)C(C)(C)C. The van der Waals surface area contributed by atoms with Crippen molar-refractivity contribution in [1.29, 1.82) is 0 Å². The highest BCUT2D eigenvalue weighted by molar-refractivity contribution is 8.00. The molecule has 1 rings (SSSR count). The van der Waals surface area contributed by atoms with Crippen molar-refractivity contribution >= 4 is 11.8 Å². The normalized spacial score (nSPS) is 15.7. The van der Waals surface area contributed by atoms with Crippen LogP contribution in [-0.4, -0.2) is 11.3 Å². The third kappa shape index (κ3) is 3.96. The number of benzene rings is 1. The fourth-order valence-electron chi connectivity index (χ4n) is 1.78. The molecule has 96 valence electrons. The standard InChI is InChI=1S/C13H19F2NS/c1-8(16)12(13(2,3)4)17-11-6-5-9(14)7-10(11)15/h5-8,12H,16H2,1-4H3. The van der Waals surface area contributed by atoms with E-state index in [1.54, 1.807) is 0 Å². The molecule has 0 saturated heterocycles. The van der Waals surface area contributed by atoms with Crippen LogP contribution in [0.2, 0.25) is 0 Å². The van der Waals surface area contributed by atoms with Gasteiger partial charge in [-0.25, -0.2) is 8.78 Å². The first-order valence-corrected chi connectivity index (χ1v) is 6.47. The Bertz CT molecular complexity index is 385. The largest absolute Gasteiger partial charge is 0.327 e. The molecule has 0 fully saturated rings. The summed E-state index contributed by atoms with van der Waals surface area (Å²) < 4.78 is 26.4. The highest BCUT2D eigenvalue weighted by Crippen LogP contribution is 2.37. The van der Waals surface area contributed by atoms with Crippen LogP contribution in [0.15, 0.2) is 23.1 Å². The second kappa shape index (κ2) is 5.36. The van der Waals surface area contributed by atoms with Crippen molar-refractivity contribution in [2.45, 2.75) is 43.9 Å². The fourth-order valence-corrected chi connectivity index (χ4v) is 2.94. The highest BCUT2D eigenvalue weighted by Gasteiger charge is 2.29. The Balaban J connectivity index is 2.94. The van der Waals surface area contributed by atoms with Gasteiger partial charge in [-0.15, -0.1) is 11.8 Å². The maximum atomic E-state index is 13.6. The molecule has 1 nitrogen and oxygen atoms in total. The van der Waals surface area contributed by atoms with Crippen molar-refractivity contribution < 1.29 is 8.78 Å². The summed E-state index contributed by atoms with van der Waals surface area (Å²) in [4.78, 5) is 0.448. The molecule has 0 saturated carbocycles. The van der Waals surface area contributed by atoms with Gasteiger partial charge in [0.05, 0.1) is 0 Å². The zero-order chi connectivity index (χ0) is 13.2. The van der Waals surface area contributed by atoms with E-state index in [1.165, 1.54) is 23.9 Å². The Hall–Kier alpha value is -0.610. The molecule has 0 amide bonds. The molecule has 0 aliphatic heterocycles. The molecular formula is C13H19F2NS. The summed E-state index contributed by atoms with van der Waals surface area (Å²) in [5, 5.41) is 0.0717. The third-order valence-corrected chi connectivity index (χ3v) is 4.45. The summed E-state index contributed by atoms with van der Waals surface area (Å²) in [6, 6.07) is 3.58. The van der Waals surface area contributed by atoms with Crippen LogP contribution in [0.25, 0.3) is 0 Å². The van der Waals surface area contributed by atoms with E-state index in [4.69, 9.17) is 5.73 Å². The predicted molar refractivity (Wildman–Crippen MR) is 69.1 cm³/mol. The first-order valence-electron chi connectivity index (χ1n) is 5.59. The van der Waals surface area contributed by atoms with E-state index in [9.17, 15) is 8.78 Å². The topological polar surface area (TPSA) is 26.0 Å². The van der Waals surface area contributed by atoms with Crippen molar-refractivity contribution in [2.75, 3.05) is 0 Å². The van der Waals surface area contributed by atoms with Crippen molar-refractivity contribution in [3.8, 4) is 0 Å². The lowest BCUT2D eigenvalue weighted by molar-refractivity contribution is 0.363. The monoisotopic (exact) mass is 259 g/mol. The summed E-state index contributed by atoms with van der Waals surface area (Å²) in [6.45, 7) is 8.10. The van der Waals surface area contributed by atoms with Gasteiger partial charge < -0.3 is 5.73 Å². The van der Waals surface area contributed by atoms with Gasteiger partial charge in [0.2, 0.25) is 0 Å². The smallest absolute Gasteiger partial charge is 0.139 e. The van der Waals surface area contributed by atoms with Crippen molar-refractivity contribution in [3.63, 3.8) is 0 Å². The van der Waals surface area contributed by atoms with Crippen LogP contribution in [0.4, 0.5) is 8.78 Å². The molecule has 0 aliphatic carbocycles. The van der Waals surface area contributed by atoms with Gasteiger partial charge in [-0.2, -0.15) is 0 Å². The molecule has 0 aromatic heterocycles. The van der Waals surface area contributed by atoms with Crippen molar-refractivity contribution in [3.05, 3.63) is 29.8 Å². The minimum Gasteiger partial charge on any atom is -0.327 e. The lowest BCUT2D eigenvalue weighted by atomic mass is 9.88. The first-order chi connectivity index (χ1) is 7.71. The third-order valence-electron chi connectivity index (χ3n) is 2.48. The zero-order valence-electron chi connectivity index (χ0n) is 10.6. The quantitative estimate of drug-likeness (QED) is 0.835. The van der Waals surface area contributed by atoms with Gasteiger partial charge in [-0.3, -0.25) is 0 Å². The first kappa shape index (κ1) is 14.5. The Kier molecular flexibility index (Phi) is 4.55. The number of rotatable bonds is 3. The van der Waals surface area contributed by atoms with E-state index in [-0.39, 0.29) is 16.7 Å². The highest BCUT2D eigenvalue weighted by atomic mass is 32.2. The molecule has 1 aromatic rings. The van der Waals surface area contributed by atoms with Gasteiger partial charge in [0.1, 0.15) is 11.6 Å². The predicted octanol–water partition coefficient (Wildman–Crippen LogP) is 3.82. The molecule has 17 heavy (non-hydrogen) atoms. The van der Waals surface area contributed by atoms with Gasteiger partial charge in [0.15, 0.2) is 0 Å². The van der Waals surface area contributed by atoms with E-state index in [1.807, 2.05) is 6.92 Å². The van der Waals surface area contributed by atoms with Gasteiger partial charge in [-0.1, -0.05) is 20.8 Å². The number of nitrogens with two attached hydrogens (primary N) is 1. The lowest BCUT2D eigenvalue weighted by Gasteiger charge is -2.33. The van der Waals surface area contributed by atoms with Crippen LogP contribution in [0.3, 0.4) is 0 Å². The molecule has 1 aromatic carbocycles. The van der Waals surface area contributed by atoms with E-state index < -0.39 is 11.6 Å². The van der Waals surface area contributed by atoms with Crippen LogP contribution < -0.4 is 5.73 Å². The van der Waals surface area contributed by atoms with Crippen LogP contribution in [0.5, 0.6) is 0 Å². The molecule has 0 heterocycles. The Morgan fingerprint density at radius 2 is 1.82 bits per heavy atom. The van der Waals surface area contributed by atoms with E-state index in [0.29, 0.717) is 4.90 Å². The van der Waals surface area contributed by atoms with Crippen LogP contribution in [0.1, 0.15) is 27.7 Å². The van der Waals surface area contributed by atoms with Gasteiger partial charge in [0, 0.05) is 22.3 Å². The van der Waals surface area contributed by atoms with Gasteiger partial charge in [0.25, 0.3) is 0 Å². The molecule has 4 heteroatoms. The minimum atomic E-state index is -0.556. The summed E-state index contributed by atoms with van der Waals surface area (Å²) in [5.74, 6) is -1.08. The zero-order valence-corrected chi connectivity index (χ0v) is 11.4. The maximum Gasteiger partial charge on any atom is 0.139 e. The van der Waals surface area contributed by atoms with E-state index in [2.05, 4.69) is 20.8 Å². The number of hydrogen-bond acceptors (Lipinski definition) is 2. The lowest BCUT2D eigenvalue weighted by Crippen LogP contribution is -2.38. The molecule has 0 spiro atoms. The number of halogens is 2. The van der Waals surface area contributed by atoms with Gasteiger partial charge in [-0.05, 0) is 24.5 Å². The molecule has 0 radical (unpaired) electrons. The molecule has 2 atom stereocenters. The Labute approximate surface area is 106 Å². The molecule has 0 aliphatic rings. The maximum absolute atomic E-state index is 13.6. The average Bonchev–Trinajstić information content (AvgIpc) is 2.13. The van der Waals surface area contributed by atoms with Gasteiger partial charge >= 0.3 is 0 Å². The second-order valence-corrected chi connectivity index (χ2v) is 6.52. The van der Waals surface area contributed by atoms with Crippen LogP contribution in [-0.2, 0) is 0 Å². The number of thioether (sulfide) groups is 1. The van der Waals surface area contributed by atoms with E-state index >= 15 is 0 Å². The number of hydrogen-bond donors (Lipinski definition) is 1. The molecular weight excluding hydrogens is 240 g/mol. The summed E-state index contributed by atoms with van der Waals surface area (Å²) in [7, 11) is 0. The Morgan fingerprint density at radius 1 is 1.24 bits per heavy atom. The molecule has 2 unspecified atom stereocenters. The van der Waals surface area contributed by atoms with Crippen molar-refractivity contribution in [2.24, 2.45) is 11.1 Å². The fraction of sp³-hybridized carbons (Fsp3) is 0.538. The summed E-state index contributed by atoms with van der Waals surface area (Å²) in [5.41, 5.74) is 5.89. The Morgan fingerprint density at radius 3 is 2.24 bits per heavy atom. The van der Waals surface area contributed by atoms with E-state index in [0.717, 1.165) is 6.07 Å². The van der Waals surface area contributed by atoms with Crippen molar-refractivity contribution in [1.82, 2.24) is 0 Å². The second-order valence-electron chi connectivity index (χ2n) is 5.34. The average molecular weight is 259 g/mol.